The molecule has 1 aromatic rings. The predicted molar refractivity (Wildman–Crippen MR) is 67.7 cm³/mol. The third-order valence-corrected chi connectivity index (χ3v) is 3.50. The van der Waals surface area contributed by atoms with Gasteiger partial charge in [0.25, 0.3) is 0 Å². The number of nitrogens with two attached hydrogens (primary N) is 2. The van der Waals surface area contributed by atoms with Gasteiger partial charge >= 0.3 is 0 Å². The summed E-state index contributed by atoms with van der Waals surface area (Å²) in [6, 6.07) is 4.31. The van der Waals surface area contributed by atoms with Gasteiger partial charge in [-0.25, -0.2) is 10.2 Å². The number of nitrogen functional groups attached to an aromatic ring is 1. The summed E-state index contributed by atoms with van der Waals surface area (Å²) in [5, 5.41) is 0.208. The first-order chi connectivity index (χ1) is 8.02. The zero-order valence-corrected chi connectivity index (χ0v) is 10.4. The molecule has 1 atom stereocenters. The van der Waals surface area contributed by atoms with Gasteiger partial charge in [0, 0.05) is 22.3 Å². The number of carbonyl (C=O) groups excluding carboxylic acids is 1. The van der Waals surface area contributed by atoms with Crippen LogP contribution in [0.2, 0.25) is 0 Å². The molecule has 1 amide bonds. The van der Waals surface area contributed by atoms with Gasteiger partial charge in [-0.05, 0) is 24.6 Å². The molecule has 0 heterocycles. The van der Waals surface area contributed by atoms with Crippen LogP contribution in [-0.2, 0) is 4.79 Å². The van der Waals surface area contributed by atoms with E-state index in [0.29, 0.717) is 18.5 Å². The minimum Gasteiger partial charge on any atom is -0.398 e. The molecule has 0 aromatic heterocycles. The van der Waals surface area contributed by atoms with Crippen LogP contribution in [0.5, 0.6) is 0 Å². The topological polar surface area (TPSA) is 81.1 Å². The molecule has 1 aromatic carbocycles. The van der Waals surface area contributed by atoms with Crippen molar-refractivity contribution in [2.75, 3.05) is 5.73 Å². The molecule has 0 radical (unpaired) electrons. The molecule has 94 valence electrons. The fourth-order valence-corrected chi connectivity index (χ4v) is 2.32. The summed E-state index contributed by atoms with van der Waals surface area (Å²) in [5.74, 6) is 4.45. The first kappa shape index (κ1) is 13.8. The van der Waals surface area contributed by atoms with Gasteiger partial charge in [0.2, 0.25) is 5.91 Å². The number of benzene rings is 1. The van der Waals surface area contributed by atoms with E-state index in [2.05, 4.69) is 5.43 Å². The zero-order valence-electron chi connectivity index (χ0n) is 9.57. The van der Waals surface area contributed by atoms with Gasteiger partial charge in [-0.2, -0.15) is 0 Å². The lowest BCUT2D eigenvalue weighted by Gasteiger charge is -2.12. The maximum Gasteiger partial charge on any atom is 0.233 e. The minimum atomic E-state index is -0.345. The Morgan fingerprint density at radius 2 is 2.29 bits per heavy atom. The lowest BCUT2D eigenvalue weighted by atomic mass is 10.2. The van der Waals surface area contributed by atoms with Crippen molar-refractivity contribution in [1.29, 1.82) is 0 Å². The number of amides is 1. The molecule has 5 N–H and O–H groups in total. The normalized spacial score (nSPS) is 12.2. The maximum absolute atomic E-state index is 12.8. The number of anilines is 1. The molecule has 0 aliphatic rings. The van der Waals surface area contributed by atoms with Crippen LogP contribution in [0.15, 0.2) is 23.1 Å². The first-order valence-corrected chi connectivity index (χ1v) is 6.12. The standard InChI is InChI=1S/C11H16FN3OS/c1-7(2-5-11(16)15-14)17-10-4-3-8(12)6-9(10)13/h3-4,6-7H,2,5,13-14H2,1H3,(H,15,16). The van der Waals surface area contributed by atoms with Crippen molar-refractivity contribution in [2.24, 2.45) is 5.84 Å². The molecule has 0 aliphatic heterocycles. The van der Waals surface area contributed by atoms with Gasteiger partial charge in [-0.15, -0.1) is 11.8 Å². The van der Waals surface area contributed by atoms with Crippen molar-refractivity contribution < 1.29 is 9.18 Å². The molecule has 0 bridgehead atoms. The third kappa shape index (κ3) is 4.62. The summed E-state index contributed by atoms with van der Waals surface area (Å²) < 4.78 is 12.8. The molecule has 0 saturated carbocycles. The molecule has 0 saturated heterocycles. The molecular weight excluding hydrogens is 241 g/mol. The summed E-state index contributed by atoms with van der Waals surface area (Å²) in [5.41, 5.74) is 8.19. The highest BCUT2D eigenvalue weighted by atomic mass is 32.2. The van der Waals surface area contributed by atoms with E-state index in [0.717, 1.165) is 4.90 Å². The van der Waals surface area contributed by atoms with E-state index in [4.69, 9.17) is 11.6 Å². The first-order valence-electron chi connectivity index (χ1n) is 5.24. The fourth-order valence-electron chi connectivity index (χ4n) is 1.31. The quantitative estimate of drug-likeness (QED) is 0.246. The summed E-state index contributed by atoms with van der Waals surface area (Å²) in [6.07, 6.45) is 1.05. The van der Waals surface area contributed by atoms with Gasteiger partial charge in [-0.1, -0.05) is 6.92 Å². The van der Waals surface area contributed by atoms with Gasteiger partial charge in [0.1, 0.15) is 5.82 Å². The van der Waals surface area contributed by atoms with Crippen molar-refractivity contribution >= 4 is 23.4 Å². The molecule has 1 rings (SSSR count). The summed E-state index contributed by atoms with van der Waals surface area (Å²) in [7, 11) is 0. The van der Waals surface area contributed by atoms with Crippen LogP contribution in [0, 0.1) is 5.82 Å². The molecule has 4 nitrogen and oxygen atoms in total. The second-order valence-electron chi connectivity index (χ2n) is 3.72. The molecule has 1 unspecified atom stereocenters. The van der Waals surface area contributed by atoms with Gasteiger partial charge in [0.15, 0.2) is 0 Å². The Morgan fingerprint density at radius 1 is 1.59 bits per heavy atom. The van der Waals surface area contributed by atoms with E-state index in [1.54, 1.807) is 6.07 Å². The van der Waals surface area contributed by atoms with E-state index in [9.17, 15) is 9.18 Å². The zero-order chi connectivity index (χ0) is 12.8. The van der Waals surface area contributed by atoms with Crippen LogP contribution in [0.4, 0.5) is 10.1 Å². The number of hydrogen-bond acceptors (Lipinski definition) is 4. The largest absolute Gasteiger partial charge is 0.398 e. The highest BCUT2D eigenvalue weighted by Gasteiger charge is 2.09. The van der Waals surface area contributed by atoms with Gasteiger partial charge in [-0.3, -0.25) is 10.2 Å². The number of rotatable bonds is 5. The fraction of sp³-hybridized carbons (Fsp3) is 0.364. The van der Waals surface area contributed by atoms with Crippen LogP contribution in [0.1, 0.15) is 19.8 Å². The predicted octanol–water partition coefficient (Wildman–Crippen LogP) is 1.66. The average Bonchev–Trinajstić information content (AvgIpc) is 2.29. The SMILES string of the molecule is CC(CCC(=O)NN)Sc1ccc(F)cc1N. The van der Waals surface area contributed by atoms with Crippen LogP contribution >= 0.6 is 11.8 Å². The van der Waals surface area contributed by atoms with E-state index < -0.39 is 0 Å². The number of carbonyl (C=O) groups is 1. The summed E-state index contributed by atoms with van der Waals surface area (Å²) in [4.78, 5) is 11.8. The van der Waals surface area contributed by atoms with Crippen LogP contribution in [-0.4, -0.2) is 11.2 Å². The van der Waals surface area contributed by atoms with Crippen molar-refractivity contribution in [2.45, 2.75) is 29.9 Å². The highest BCUT2D eigenvalue weighted by Crippen LogP contribution is 2.30. The van der Waals surface area contributed by atoms with Crippen molar-refractivity contribution in [1.82, 2.24) is 5.43 Å². The molecule has 6 heteroatoms. The Balaban J connectivity index is 2.50. The highest BCUT2D eigenvalue weighted by molar-refractivity contribution is 8.00. The Bertz CT molecular complexity index is 400. The Morgan fingerprint density at radius 3 is 2.88 bits per heavy atom. The molecule has 0 spiro atoms. The maximum atomic E-state index is 12.8. The van der Waals surface area contributed by atoms with E-state index in [1.807, 2.05) is 6.92 Å². The average molecular weight is 257 g/mol. The van der Waals surface area contributed by atoms with E-state index in [-0.39, 0.29) is 17.0 Å². The Kier molecular flexibility index (Phi) is 5.24. The minimum absolute atomic E-state index is 0.190. The third-order valence-electron chi connectivity index (χ3n) is 2.24. The van der Waals surface area contributed by atoms with Crippen LogP contribution in [0.25, 0.3) is 0 Å². The smallest absolute Gasteiger partial charge is 0.233 e. The summed E-state index contributed by atoms with van der Waals surface area (Å²) >= 11 is 1.52. The second-order valence-corrected chi connectivity index (χ2v) is 5.20. The number of hydrogen-bond donors (Lipinski definition) is 3. The number of thioether (sulfide) groups is 1. The lowest BCUT2D eigenvalue weighted by molar-refractivity contribution is -0.121. The van der Waals surface area contributed by atoms with Crippen LogP contribution in [0.3, 0.4) is 0 Å². The molecule has 0 aliphatic carbocycles. The van der Waals surface area contributed by atoms with E-state index >= 15 is 0 Å². The van der Waals surface area contributed by atoms with Crippen molar-refractivity contribution in [3.05, 3.63) is 24.0 Å². The number of nitrogens with one attached hydrogen (secondary N) is 1. The monoisotopic (exact) mass is 257 g/mol. The van der Waals surface area contributed by atoms with Gasteiger partial charge < -0.3 is 5.73 Å². The lowest BCUT2D eigenvalue weighted by Crippen LogP contribution is -2.30. The summed E-state index contributed by atoms with van der Waals surface area (Å²) in [6.45, 7) is 1.98. The Hall–Kier alpha value is -1.27. The number of hydrazine groups is 1. The Labute approximate surface area is 104 Å². The molecule has 17 heavy (non-hydrogen) atoms. The molecule has 0 fully saturated rings. The van der Waals surface area contributed by atoms with Gasteiger partial charge in [0.05, 0.1) is 0 Å². The second kappa shape index (κ2) is 6.46. The molecular formula is C11H16FN3OS. The number of halogens is 1. The van der Waals surface area contributed by atoms with Crippen LogP contribution < -0.4 is 17.0 Å². The van der Waals surface area contributed by atoms with Crippen molar-refractivity contribution in [3.63, 3.8) is 0 Å². The van der Waals surface area contributed by atoms with Crippen molar-refractivity contribution in [3.8, 4) is 0 Å². The van der Waals surface area contributed by atoms with E-state index in [1.165, 1.54) is 23.9 Å².